The van der Waals surface area contributed by atoms with Gasteiger partial charge in [0.25, 0.3) is 0 Å². The van der Waals surface area contributed by atoms with Crippen LogP contribution in [0.1, 0.15) is 29.3 Å². The van der Waals surface area contributed by atoms with E-state index in [4.69, 9.17) is 66.1 Å². The van der Waals surface area contributed by atoms with Crippen molar-refractivity contribution in [1.29, 1.82) is 0 Å². The summed E-state index contributed by atoms with van der Waals surface area (Å²) in [5.41, 5.74) is 5.00. The number of halogens is 3. The number of thiophene rings is 1. The third-order valence-corrected chi connectivity index (χ3v) is 14.8. The molecular weight excluding hydrogens is 1040 g/mol. The predicted octanol–water partition coefficient (Wildman–Crippen LogP) is 10.3. The molecule has 0 saturated carbocycles. The Hall–Kier alpha value is -6.22. The molecule has 0 aliphatic carbocycles. The highest BCUT2D eigenvalue weighted by atomic mass is 35.5. The molecule has 7 aromatic rings. The van der Waals surface area contributed by atoms with Gasteiger partial charge in [0, 0.05) is 60.9 Å². The zero-order chi connectivity index (χ0) is 53.7. The van der Waals surface area contributed by atoms with E-state index in [0.29, 0.717) is 123 Å². The van der Waals surface area contributed by atoms with Gasteiger partial charge in [-0.05, 0) is 117 Å². The number of carboxylic acid groups (broad SMARTS) is 1. The van der Waals surface area contributed by atoms with Gasteiger partial charge in [-0.2, -0.15) is 0 Å². The van der Waals surface area contributed by atoms with Gasteiger partial charge in [0.15, 0.2) is 11.6 Å². The normalized spacial score (nSPS) is 14.6. The van der Waals surface area contributed by atoms with Crippen molar-refractivity contribution in [1.82, 2.24) is 29.7 Å². The van der Waals surface area contributed by atoms with Gasteiger partial charge in [-0.15, -0.1) is 11.3 Å². The molecule has 0 amide bonds. The van der Waals surface area contributed by atoms with Crippen molar-refractivity contribution >= 4 is 50.7 Å². The van der Waals surface area contributed by atoms with Crippen molar-refractivity contribution in [3.8, 4) is 61.8 Å². The number of aliphatic carboxylic acids is 1. The average molecular weight is 1100 g/mol. The van der Waals surface area contributed by atoms with E-state index in [1.54, 1.807) is 49.7 Å². The van der Waals surface area contributed by atoms with E-state index in [9.17, 15) is 14.3 Å². The fourth-order valence-corrected chi connectivity index (χ4v) is 10.1. The lowest BCUT2D eigenvalue weighted by Gasteiger charge is -2.28. The van der Waals surface area contributed by atoms with Crippen LogP contribution < -0.4 is 23.7 Å². The highest BCUT2D eigenvalue weighted by Gasteiger charge is 2.32. The number of nitrogens with zero attached hydrogens (tertiary/aromatic N) is 6. The topological polar surface area (TPSA) is 169 Å². The Morgan fingerprint density at radius 3 is 2.24 bits per heavy atom. The van der Waals surface area contributed by atoms with Crippen molar-refractivity contribution in [2.45, 2.75) is 46.0 Å². The molecule has 2 aliphatic heterocycles. The number of hydrogen-bond acceptors (Lipinski definition) is 16. The summed E-state index contributed by atoms with van der Waals surface area (Å²) in [5.74, 6) is 0.594. The molecular formula is C56H61Cl2FN6O10S. The van der Waals surface area contributed by atoms with Crippen LogP contribution in [0.2, 0.25) is 10.0 Å². The van der Waals surface area contributed by atoms with Gasteiger partial charge in [-0.25, -0.2) is 29.1 Å². The highest BCUT2D eigenvalue weighted by Crippen LogP contribution is 2.53. The Morgan fingerprint density at radius 1 is 0.829 bits per heavy atom. The lowest BCUT2D eigenvalue weighted by Crippen LogP contribution is -2.40. The molecule has 4 bridgehead atoms. The van der Waals surface area contributed by atoms with Gasteiger partial charge in [0.05, 0.1) is 54.2 Å². The van der Waals surface area contributed by atoms with Crippen LogP contribution in [0.3, 0.4) is 0 Å². The molecule has 0 radical (unpaired) electrons. The first kappa shape index (κ1) is 56.0. The second-order valence-corrected chi connectivity index (χ2v) is 19.9. The first-order valence-corrected chi connectivity index (χ1v) is 26.4. The predicted molar refractivity (Wildman–Crippen MR) is 291 cm³/mol. The van der Waals surface area contributed by atoms with E-state index in [-0.39, 0.29) is 41.3 Å². The van der Waals surface area contributed by atoms with Crippen molar-refractivity contribution in [3.63, 3.8) is 0 Å². The minimum atomic E-state index is -1.49. The highest BCUT2D eigenvalue weighted by molar-refractivity contribution is 7.22. The molecule has 20 heteroatoms. The summed E-state index contributed by atoms with van der Waals surface area (Å²) < 4.78 is 62.6. The van der Waals surface area contributed by atoms with Gasteiger partial charge in [0.2, 0.25) is 12.0 Å². The Balaban J connectivity index is 1.11. The lowest BCUT2D eigenvalue weighted by molar-refractivity contribution is -0.145. The maximum absolute atomic E-state index is 14.4. The lowest BCUT2D eigenvalue weighted by atomic mass is 9.92. The largest absolute Gasteiger partial charge is 0.491 e. The van der Waals surface area contributed by atoms with Gasteiger partial charge in [-0.3, -0.25) is 0 Å². The van der Waals surface area contributed by atoms with Crippen LogP contribution in [-0.2, 0) is 32.0 Å². The molecule has 402 valence electrons. The van der Waals surface area contributed by atoms with Crippen LogP contribution in [0.4, 0.5) is 4.39 Å². The van der Waals surface area contributed by atoms with E-state index in [1.165, 1.54) is 29.8 Å². The smallest absolute Gasteiger partial charge is 0.345 e. The molecule has 4 aromatic carbocycles. The number of carboxylic acids is 1. The number of benzene rings is 4. The summed E-state index contributed by atoms with van der Waals surface area (Å²) in [6, 6.07) is 20.5. The van der Waals surface area contributed by atoms with E-state index in [2.05, 4.69) is 38.7 Å². The number of aromatic nitrogens is 4. The van der Waals surface area contributed by atoms with Crippen LogP contribution in [0.5, 0.6) is 28.9 Å². The monoisotopic (exact) mass is 1100 g/mol. The average Bonchev–Trinajstić information content (AvgIpc) is 3.81. The van der Waals surface area contributed by atoms with Crippen LogP contribution in [0, 0.1) is 19.7 Å². The molecule has 1 N–H and O–H groups in total. The van der Waals surface area contributed by atoms with E-state index < -0.39 is 24.0 Å². The zero-order valence-corrected chi connectivity index (χ0v) is 45.6. The van der Waals surface area contributed by atoms with Gasteiger partial charge < -0.3 is 52.8 Å². The minimum Gasteiger partial charge on any atom is -0.491 e. The van der Waals surface area contributed by atoms with Gasteiger partial charge in [0.1, 0.15) is 60.1 Å². The first-order chi connectivity index (χ1) is 36.8. The molecule has 5 heterocycles. The minimum absolute atomic E-state index is 0.0112. The van der Waals surface area contributed by atoms with Gasteiger partial charge >= 0.3 is 5.97 Å². The number of fused-ring (bicyclic) bond motifs is 7. The molecule has 0 saturated heterocycles. The summed E-state index contributed by atoms with van der Waals surface area (Å²) >= 11 is 16.0. The fraction of sp³-hybridized carbons (Fsp3) is 0.375. The van der Waals surface area contributed by atoms with Crippen LogP contribution in [0.15, 0.2) is 85.3 Å². The Morgan fingerprint density at radius 2 is 1.53 bits per heavy atom. The van der Waals surface area contributed by atoms with E-state index in [1.807, 2.05) is 45.2 Å². The molecule has 0 spiro atoms. The van der Waals surface area contributed by atoms with Crippen LogP contribution in [0.25, 0.3) is 43.2 Å². The fourth-order valence-electron chi connectivity index (χ4n) is 8.48. The summed E-state index contributed by atoms with van der Waals surface area (Å²) in [5, 5.41) is 11.9. The molecule has 16 nitrogen and oxygen atoms in total. The SMILES string of the molecule is CCN(C)CCN(C)C[C@@H]1COc2ccc(OCc3ccnc(-c4ccc(OCCOCCOCCOC)cc4)n3)c(c2)C[C@H](C(=O)O)Oc2ncnc3sc(-c4ccc(F)cc4)c(c23)-c2c(C)c(Cl)c(c(Cl)c2C)O1. The molecule has 0 unspecified atom stereocenters. The molecule has 0 fully saturated rings. The molecule has 3 aromatic heterocycles. The zero-order valence-electron chi connectivity index (χ0n) is 43.3. The Labute approximate surface area is 455 Å². The second kappa shape index (κ2) is 26.7. The third-order valence-electron chi connectivity index (χ3n) is 12.7. The number of carbonyl (C=O) groups is 1. The van der Waals surface area contributed by atoms with Crippen molar-refractivity contribution in [3.05, 3.63) is 124 Å². The number of hydrogen-bond donors (Lipinski definition) is 1. The van der Waals surface area contributed by atoms with E-state index >= 15 is 0 Å². The van der Waals surface area contributed by atoms with E-state index in [0.717, 1.165) is 25.2 Å². The van der Waals surface area contributed by atoms with Gasteiger partial charge in [-0.1, -0.05) is 42.3 Å². The number of methoxy groups -OCH3 is 1. The number of ether oxygens (including phenoxy) is 8. The van der Waals surface area contributed by atoms with Crippen LogP contribution >= 0.6 is 34.5 Å². The molecule has 2 atom stereocenters. The third kappa shape index (κ3) is 14.0. The maximum atomic E-state index is 14.4. The maximum Gasteiger partial charge on any atom is 0.345 e. The van der Waals surface area contributed by atoms with Crippen LogP contribution in [-0.4, -0.2) is 147 Å². The van der Waals surface area contributed by atoms with Crippen molar-refractivity contribution in [2.24, 2.45) is 0 Å². The first-order valence-electron chi connectivity index (χ1n) is 24.8. The molecule has 76 heavy (non-hydrogen) atoms. The van der Waals surface area contributed by atoms with Crippen molar-refractivity contribution < 1.29 is 52.2 Å². The standard InChI is InChI=1S/C56H61Cl2FN6O10S/c1-7-64(4)20-21-65(5)30-43-32-72-42-16-17-44(73-31-40-18-19-60-53(63-40)37-10-14-41(15-11-37)71-27-26-70-25-24-69-23-22-68-6)38(28-42)29-45(56(66)67)75-54-48-47(46-34(2)49(57)51(74-43)50(58)35(46)3)52(76-55(48)62-33-61-54)36-8-12-39(59)13-9-36/h8-19,28,33,43,45H,7,20-27,29-32H2,1-6H3,(H,66,67)/t43-,45-/m1/s1. The summed E-state index contributed by atoms with van der Waals surface area (Å²) in [4.78, 5) is 37.5. The quantitative estimate of drug-likeness (QED) is 0.0636. The number of rotatable bonds is 22. The summed E-state index contributed by atoms with van der Waals surface area (Å²) in [7, 11) is 5.71. The second-order valence-electron chi connectivity index (χ2n) is 18.1. The summed E-state index contributed by atoms with van der Waals surface area (Å²) in [6.07, 6.45) is 0.727. The molecule has 2 aliphatic rings. The summed E-state index contributed by atoms with van der Waals surface area (Å²) in [6.45, 7) is 11.6. The Bertz CT molecular complexity index is 3050. The molecule has 9 rings (SSSR count). The van der Waals surface area contributed by atoms with Crippen molar-refractivity contribution in [2.75, 3.05) is 93.6 Å². The number of likely N-dealkylation sites (N-methyl/N-ethyl adjacent to an activating group) is 2. The Kier molecular flexibility index (Phi) is 19.7.